The van der Waals surface area contributed by atoms with E-state index in [-0.39, 0.29) is 30.4 Å². The highest BCUT2D eigenvalue weighted by atomic mass is 16.5. The van der Waals surface area contributed by atoms with Crippen LogP contribution in [-0.4, -0.2) is 27.2 Å². The number of carbonyl (C=O) groups is 1. The lowest BCUT2D eigenvalue weighted by Crippen LogP contribution is -2.41. The van der Waals surface area contributed by atoms with Gasteiger partial charge in [0.05, 0.1) is 12.1 Å². The van der Waals surface area contributed by atoms with Crippen molar-refractivity contribution in [3.05, 3.63) is 37.9 Å². The lowest BCUT2D eigenvalue weighted by molar-refractivity contribution is -0.118. The minimum Gasteiger partial charge on any atom is -0.383 e. The maximum Gasteiger partial charge on any atom is 0.330 e. The molecule has 0 spiro atoms. The van der Waals surface area contributed by atoms with Crippen LogP contribution in [0, 0.1) is 13.8 Å². The van der Waals surface area contributed by atoms with E-state index >= 15 is 0 Å². The molecule has 0 aliphatic carbocycles. The number of aryl methyl sites for hydroxylation is 2. The van der Waals surface area contributed by atoms with Gasteiger partial charge < -0.3 is 15.2 Å². The van der Waals surface area contributed by atoms with Crippen LogP contribution in [0.25, 0.3) is 0 Å². The van der Waals surface area contributed by atoms with Gasteiger partial charge in [-0.2, -0.15) is 0 Å². The van der Waals surface area contributed by atoms with Crippen molar-refractivity contribution in [3.8, 4) is 0 Å². The zero-order valence-corrected chi connectivity index (χ0v) is 15.6. The first-order valence-corrected chi connectivity index (χ1v) is 8.66. The summed E-state index contributed by atoms with van der Waals surface area (Å²) >= 11 is 0. The number of anilines is 2. The molecule has 2 heterocycles. The number of unbranched alkanes of at least 4 members (excludes halogenated alkanes) is 1. The first-order chi connectivity index (χ1) is 12.3. The standard InChI is InChI=1S/C17H25N5O4/c1-5-7-8-22-15(18)14(16(24)19-17(22)25)21(6-2)13(23)9-12-10(3)20-26-11(12)4/h5-9,18H2,1-4H3,(H,19,24,25). The van der Waals surface area contributed by atoms with Crippen LogP contribution in [0.1, 0.15) is 43.7 Å². The van der Waals surface area contributed by atoms with Crippen molar-refractivity contribution in [2.75, 3.05) is 17.2 Å². The van der Waals surface area contributed by atoms with Gasteiger partial charge in [-0.05, 0) is 27.2 Å². The summed E-state index contributed by atoms with van der Waals surface area (Å²) in [6.07, 6.45) is 1.62. The topological polar surface area (TPSA) is 127 Å². The van der Waals surface area contributed by atoms with Gasteiger partial charge in [-0.25, -0.2) is 4.79 Å². The van der Waals surface area contributed by atoms with E-state index in [0.717, 1.165) is 12.8 Å². The first-order valence-electron chi connectivity index (χ1n) is 8.66. The predicted molar refractivity (Wildman–Crippen MR) is 98.4 cm³/mol. The number of nitrogens with two attached hydrogens (primary N) is 1. The van der Waals surface area contributed by atoms with Gasteiger partial charge in [-0.1, -0.05) is 18.5 Å². The van der Waals surface area contributed by atoms with Crippen LogP contribution in [-0.2, 0) is 17.8 Å². The molecule has 2 aromatic rings. The Hall–Kier alpha value is -2.84. The molecule has 0 aliphatic rings. The van der Waals surface area contributed by atoms with Crippen LogP contribution in [0.4, 0.5) is 11.5 Å². The van der Waals surface area contributed by atoms with E-state index in [9.17, 15) is 14.4 Å². The summed E-state index contributed by atoms with van der Waals surface area (Å²) in [5.41, 5.74) is 6.16. The Kier molecular flexibility index (Phi) is 6.01. The molecule has 2 aromatic heterocycles. The number of nitrogens with one attached hydrogen (secondary N) is 1. The molecule has 3 N–H and O–H groups in total. The number of aromatic amines is 1. The van der Waals surface area contributed by atoms with Gasteiger partial charge in [0, 0.05) is 18.7 Å². The van der Waals surface area contributed by atoms with E-state index in [0.29, 0.717) is 23.6 Å². The molecule has 142 valence electrons. The van der Waals surface area contributed by atoms with Crippen LogP contribution < -0.4 is 21.9 Å². The summed E-state index contributed by atoms with van der Waals surface area (Å²) in [5.74, 6) is 0.239. The molecule has 0 saturated heterocycles. The molecular formula is C17H25N5O4. The minimum absolute atomic E-state index is 0.0000340. The Morgan fingerprint density at radius 1 is 1.31 bits per heavy atom. The molecule has 0 radical (unpaired) electrons. The number of nitrogens with zero attached hydrogens (tertiary/aromatic N) is 3. The maximum absolute atomic E-state index is 12.8. The molecule has 9 heteroatoms. The van der Waals surface area contributed by atoms with E-state index in [2.05, 4.69) is 10.1 Å². The van der Waals surface area contributed by atoms with E-state index in [1.54, 1.807) is 20.8 Å². The quantitative estimate of drug-likeness (QED) is 0.759. The van der Waals surface area contributed by atoms with E-state index in [4.69, 9.17) is 10.3 Å². The zero-order valence-electron chi connectivity index (χ0n) is 15.6. The molecule has 1 amide bonds. The van der Waals surface area contributed by atoms with Crippen LogP contribution in [0.3, 0.4) is 0 Å². The number of carbonyl (C=O) groups excluding carboxylic acids is 1. The van der Waals surface area contributed by atoms with Gasteiger partial charge in [0.2, 0.25) is 5.91 Å². The molecule has 0 saturated carbocycles. The molecule has 0 fully saturated rings. The van der Waals surface area contributed by atoms with Gasteiger partial charge >= 0.3 is 5.69 Å². The van der Waals surface area contributed by atoms with Crippen LogP contribution in [0.15, 0.2) is 14.1 Å². The number of amides is 1. The maximum atomic E-state index is 12.8. The Labute approximate surface area is 150 Å². The van der Waals surface area contributed by atoms with Crippen molar-refractivity contribution in [3.63, 3.8) is 0 Å². The second-order valence-electron chi connectivity index (χ2n) is 6.12. The molecule has 9 nitrogen and oxygen atoms in total. The number of likely N-dealkylation sites (N-methyl/N-ethyl adjacent to an activating group) is 1. The second kappa shape index (κ2) is 8.03. The smallest absolute Gasteiger partial charge is 0.330 e. The Morgan fingerprint density at radius 3 is 2.54 bits per heavy atom. The summed E-state index contributed by atoms with van der Waals surface area (Å²) in [4.78, 5) is 40.8. The minimum atomic E-state index is -0.672. The van der Waals surface area contributed by atoms with Crippen LogP contribution >= 0.6 is 0 Å². The van der Waals surface area contributed by atoms with Crippen LogP contribution in [0.5, 0.6) is 0 Å². The highest BCUT2D eigenvalue weighted by Gasteiger charge is 2.24. The number of hydrogen-bond acceptors (Lipinski definition) is 6. The van der Waals surface area contributed by atoms with Gasteiger partial charge in [0.1, 0.15) is 11.6 Å². The molecule has 0 bridgehead atoms. The second-order valence-corrected chi connectivity index (χ2v) is 6.12. The normalized spacial score (nSPS) is 10.9. The third-order valence-electron chi connectivity index (χ3n) is 4.35. The average molecular weight is 363 g/mol. The van der Waals surface area contributed by atoms with E-state index < -0.39 is 11.2 Å². The monoisotopic (exact) mass is 363 g/mol. The molecule has 2 rings (SSSR count). The fourth-order valence-electron chi connectivity index (χ4n) is 2.84. The summed E-state index contributed by atoms with van der Waals surface area (Å²) in [5, 5.41) is 3.84. The number of rotatable bonds is 7. The highest BCUT2D eigenvalue weighted by molar-refractivity contribution is 5.96. The number of hydrogen-bond donors (Lipinski definition) is 2. The average Bonchev–Trinajstić information content (AvgIpc) is 2.90. The van der Waals surface area contributed by atoms with Crippen molar-refractivity contribution < 1.29 is 9.32 Å². The number of aromatic nitrogens is 3. The molecule has 0 aromatic carbocycles. The van der Waals surface area contributed by atoms with Crippen molar-refractivity contribution in [2.24, 2.45) is 0 Å². The van der Waals surface area contributed by atoms with E-state index in [1.807, 2.05) is 6.92 Å². The first kappa shape index (κ1) is 19.5. The van der Waals surface area contributed by atoms with Crippen molar-refractivity contribution in [1.29, 1.82) is 0 Å². The Morgan fingerprint density at radius 2 is 2.00 bits per heavy atom. The van der Waals surface area contributed by atoms with Crippen molar-refractivity contribution >= 4 is 17.4 Å². The fraction of sp³-hybridized carbons (Fsp3) is 0.529. The van der Waals surface area contributed by atoms with Gasteiger partial charge in [-0.15, -0.1) is 0 Å². The number of H-pyrrole nitrogens is 1. The predicted octanol–water partition coefficient (Wildman–Crippen LogP) is 1.12. The molecule has 0 atom stereocenters. The molecule has 0 unspecified atom stereocenters. The zero-order chi connectivity index (χ0) is 19.4. The third-order valence-corrected chi connectivity index (χ3v) is 4.35. The molecular weight excluding hydrogens is 338 g/mol. The van der Waals surface area contributed by atoms with Gasteiger partial charge in [-0.3, -0.25) is 19.1 Å². The van der Waals surface area contributed by atoms with Crippen LogP contribution in [0.2, 0.25) is 0 Å². The lowest BCUT2D eigenvalue weighted by atomic mass is 10.1. The largest absolute Gasteiger partial charge is 0.383 e. The van der Waals surface area contributed by atoms with Gasteiger partial charge in [0.15, 0.2) is 5.69 Å². The Bertz CT molecular complexity index is 889. The summed E-state index contributed by atoms with van der Waals surface area (Å²) < 4.78 is 6.38. The van der Waals surface area contributed by atoms with E-state index in [1.165, 1.54) is 9.47 Å². The summed E-state index contributed by atoms with van der Waals surface area (Å²) in [6.45, 7) is 7.82. The Balaban J connectivity index is 2.45. The lowest BCUT2D eigenvalue weighted by Gasteiger charge is -2.23. The summed E-state index contributed by atoms with van der Waals surface area (Å²) in [6, 6.07) is 0. The third kappa shape index (κ3) is 3.71. The molecule has 0 aliphatic heterocycles. The highest BCUT2D eigenvalue weighted by Crippen LogP contribution is 2.20. The van der Waals surface area contributed by atoms with Gasteiger partial charge in [0.25, 0.3) is 5.56 Å². The number of nitrogen functional groups attached to an aromatic ring is 1. The van der Waals surface area contributed by atoms with Crippen molar-refractivity contribution in [1.82, 2.24) is 14.7 Å². The van der Waals surface area contributed by atoms with Crippen molar-refractivity contribution in [2.45, 2.75) is 53.5 Å². The molecule has 26 heavy (non-hydrogen) atoms. The summed E-state index contributed by atoms with van der Waals surface area (Å²) in [7, 11) is 0. The SMILES string of the molecule is CCCCn1c(N)c(N(CC)C(=O)Cc2c(C)noc2C)c(=O)[nH]c1=O. The fourth-order valence-corrected chi connectivity index (χ4v) is 2.84.